The van der Waals surface area contributed by atoms with Crippen molar-refractivity contribution in [2.45, 2.75) is 38.2 Å². The number of aryl methyl sites for hydroxylation is 1. The fourth-order valence-corrected chi connectivity index (χ4v) is 4.35. The van der Waals surface area contributed by atoms with Crippen molar-refractivity contribution in [3.63, 3.8) is 0 Å². The maximum absolute atomic E-state index is 14.0. The molecule has 3 atom stereocenters. The molecule has 0 bridgehead atoms. The van der Waals surface area contributed by atoms with E-state index < -0.39 is 12.3 Å². The Kier molecular flexibility index (Phi) is 6.04. The van der Waals surface area contributed by atoms with E-state index in [1.54, 1.807) is 23.3 Å². The Bertz CT molecular complexity index is 599. The SMILES string of the molecule is Cc1ncsc1CN1C[C@@H](F)C[C@H]1CN(C)C(=O)[C@@H]1CN(C)CCO1. The van der Waals surface area contributed by atoms with Crippen molar-refractivity contribution in [1.82, 2.24) is 19.7 Å². The van der Waals surface area contributed by atoms with Crippen LogP contribution in [0.1, 0.15) is 17.0 Å². The summed E-state index contributed by atoms with van der Waals surface area (Å²) in [7, 11) is 3.79. The first-order valence-corrected chi connectivity index (χ1v) is 9.64. The molecule has 0 unspecified atom stereocenters. The maximum atomic E-state index is 14.0. The molecule has 8 heteroatoms. The smallest absolute Gasteiger partial charge is 0.252 e. The fraction of sp³-hybridized carbons (Fsp3) is 0.765. The predicted molar refractivity (Wildman–Crippen MR) is 95.4 cm³/mol. The van der Waals surface area contributed by atoms with Gasteiger partial charge in [0.25, 0.3) is 5.91 Å². The van der Waals surface area contributed by atoms with Crippen LogP contribution in [0, 0.1) is 6.92 Å². The largest absolute Gasteiger partial charge is 0.366 e. The lowest BCUT2D eigenvalue weighted by atomic mass is 10.1. The zero-order valence-corrected chi connectivity index (χ0v) is 16.0. The lowest BCUT2D eigenvalue weighted by molar-refractivity contribution is -0.148. The molecular formula is C17H27FN4O2S. The third kappa shape index (κ3) is 4.55. The first-order chi connectivity index (χ1) is 11.9. The van der Waals surface area contributed by atoms with Gasteiger partial charge in [0.05, 0.1) is 17.8 Å². The van der Waals surface area contributed by atoms with Gasteiger partial charge in [-0.15, -0.1) is 11.3 Å². The minimum Gasteiger partial charge on any atom is -0.366 e. The van der Waals surface area contributed by atoms with E-state index in [1.807, 2.05) is 19.5 Å². The number of likely N-dealkylation sites (tertiary alicyclic amines) is 1. The van der Waals surface area contributed by atoms with Crippen molar-refractivity contribution < 1.29 is 13.9 Å². The molecule has 25 heavy (non-hydrogen) atoms. The second-order valence-electron chi connectivity index (χ2n) is 7.12. The van der Waals surface area contributed by atoms with Crippen molar-refractivity contribution in [3.8, 4) is 0 Å². The van der Waals surface area contributed by atoms with Crippen LogP contribution in [0.5, 0.6) is 0 Å². The fourth-order valence-electron chi connectivity index (χ4n) is 3.55. The van der Waals surface area contributed by atoms with E-state index in [9.17, 15) is 9.18 Å². The quantitative estimate of drug-likeness (QED) is 0.778. The molecule has 0 spiro atoms. The summed E-state index contributed by atoms with van der Waals surface area (Å²) in [5.74, 6) is -0.0113. The molecule has 0 radical (unpaired) electrons. The Hall–Kier alpha value is -1.09. The van der Waals surface area contributed by atoms with Crippen LogP contribution in [0.2, 0.25) is 0 Å². The molecule has 140 valence electrons. The zero-order valence-electron chi connectivity index (χ0n) is 15.2. The molecule has 2 fully saturated rings. The van der Waals surface area contributed by atoms with E-state index in [4.69, 9.17) is 4.74 Å². The van der Waals surface area contributed by atoms with Crippen molar-refractivity contribution in [3.05, 3.63) is 16.1 Å². The molecule has 2 aliphatic heterocycles. The standard InChI is InChI=1S/C17H27FN4O2S/c1-12-16(25-11-19-12)10-22-7-13(18)6-14(22)8-21(3)17(23)15-9-20(2)4-5-24-15/h11,13-15H,4-10H2,1-3H3/t13-,14-,15-/m0/s1. The predicted octanol–water partition coefficient (Wildman–Crippen LogP) is 1.15. The summed E-state index contributed by atoms with van der Waals surface area (Å²) < 4.78 is 19.6. The van der Waals surface area contributed by atoms with Gasteiger partial charge in [0.15, 0.2) is 0 Å². The number of rotatable bonds is 5. The van der Waals surface area contributed by atoms with Crippen molar-refractivity contribution >= 4 is 17.2 Å². The van der Waals surface area contributed by atoms with Crippen molar-refractivity contribution in [2.24, 2.45) is 0 Å². The summed E-state index contributed by atoms with van der Waals surface area (Å²) in [5.41, 5.74) is 2.84. The number of amides is 1. The highest BCUT2D eigenvalue weighted by atomic mass is 32.1. The van der Waals surface area contributed by atoms with Crippen LogP contribution in [0.4, 0.5) is 4.39 Å². The minimum absolute atomic E-state index is 0.0113. The van der Waals surface area contributed by atoms with E-state index >= 15 is 0 Å². The molecule has 2 aliphatic rings. The molecule has 0 aliphatic carbocycles. The van der Waals surface area contributed by atoms with Crippen molar-refractivity contribution in [1.29, 1.82) is 0 Å². The lowest BCUT2D eigenvalue weighted by Crippen LogP contribution is -2.51. The van der Waals surface area contributed by atoms with Gasteiger partial charge in [0.2, 0.25) is 0 Å². The summed E-state index contributed by atoms with van der Waals surface area (Å²) >= 11 is 1.61. The first-order valence-electron chi connectivity index (χ1n) is 8.76. The number of halogens is 1. The molecule has 3 rings (SSSR count). The van der Waals surface area contributed by atoms with E-state index in [-0.39, 0.29) is 11.9 Å². The number of thiazole rings is 1. The van der Waals surface area contributed by atoms with Crippen molar-refractivity contribution in [2.75, 3.05) is 46.9 Å². The number of carbonyl (C=O) groups excluding carboxylic acids is 1. The van der Waals surface area contributed by atoms with Gasteiger partial charge in [-0.1, -0.05) is 0 Å². The van der Waals surface area contributed by atoms with Crippen LogP contribution in [0.15, 0.2) is 5.51 Å². The Morgan fingerprint density at radius 3 is 3.00 bits per heavy atom. The minimum atomic E-state index is -0.834. The lowest BCUT2D eigenvalue weighted by Gasteiger charge is -2.33. The highest BCUT2D eigenvalue weighted by Gasteiger charge is 2.35. The topological polar surface area (TPSA) is 48.9 Å². The molecule has 1 aromatic heterocycles. The first kappa shape index (κ1) is 18.7. The van der Waals surface area contributed by atoms with Crippen LogP contribution in [-0.2, 0) is 16.1 Å². The van der Waals surface area contributed by atoms with E-state index in [1.165, 1.54) is 4.88 Å². The normalized spacial score (nSPS) is 28.4. The van der Waals surface area contributed by atoms with E-state index in [0.717, 1.165) is 12.2 Å². The zero-order chi connectivity index (χ0) is 18.0. The van der Waals surface area contributed by atoms with E-state index in [2.05, 4.69) is 14.8 Å². The van der Waals surface area contributed by atoms with Crippen LogP contribution in [0.25, 0.3) is 0 Å². The molecule has 0 N–H and O–H groups in total. The Morgan fingerprint density at radius 2 is 2.32 bits per heavy atom. The summed E-state index contributed by atoms with van der Waals surface area (Å²) in [6.07, 6.45) is -0.775. The van der Waals surface area contributed by atoms with Gasteiger partial charge in [-0.05, 0) is 20.4 Å². The monoisotopic (exact) mass is 370 g/mol. The summed E-state index contributed by atoms with van der Waals surface area (Å²) in [5, 5.41) is 0. The van der Waals surface area contributed by atoms with Gasteiger partial charge in [-0.2, -0.15) is 0 Å². The molecule has 1 amide bonds. The third-order valence-electron chi connectivity index (χ3n) is 5.07. The summed E-state index contributed by atoms with van der Waals surface area (Å²) in [4.78, 5) is 24.0. The van der Waals surface area contributed by atoms with Crippen LogP contribution >= 0.6 is 11.3 Å². The Balaban J connectivity index is 1.59. The molecule has 2 saturated heterocycles. The number of hydrogen-bond donors (Lipinski definition) is 0. The molecule has 1 aromatic rings. The number of morpholine rings is 1. The van der Waals surface area contributed by atoms with Gasteiger partial charge < -0.3 is 14.5 Å². The number of aromatic nitrogens is 1. The second-order valence-corrected chi connectivity index (χ2v) is 8.06. The number of hydrogen-bond acceptors (Lipinski definition) is 6. The maximum Gasteiger partial charge on any atom is 0.252 e. The number of carbonyl (C=O) groups is 1. The summed E-state index contributed by atoms with van der Waals surface area (Å²) in [6, 6.07) is 0.0340. The van der Waals surface area contributed by atoms with Gasteiger partial charge in [0.1, 0.15) is 12.3 Å². The Labute approximate surface area is 152 Å². The van der Waals surface area contributed by atoms with Gasteiger partial charge in [-0.3, -0.25) is 9.69 Å². The number of ether oxygens (including phenoxy) is 1. The van der Waals surface area contributed by atoms with Gasteiger partial charge in [0, 0.05) is 50.7 Å². The van der Waals surface area contributed by atoms with Gasteiger partial charge >= 0.3 is 0 Å². The average Bonchev–Trinajstić information content (AvgIpc) is 3.13. The average molecular weight is 370 g/mol. The van der Waals surface area contributed by atoms with E-state index in [0.29, 0.717) is 39.2 Å². The third-order valence-corrected chi connectivity index (χ3v) is 5.99. The summed E-state index contributed by atoms with van der Waals surface area (Å²) in [6.45, 7) is 5.68. The molecule has 6 nitrogen and oxygen atoms in total. The molecule has 3 heterocycles. The highest BCUT2D eigenvalue weighted by molar-refractivity contribution is 7.09. The van der Waals surface area contributed by atoms with Crippen LogP contribution in [-0.4, -0.2) is 90.8 Å². The molecular weight excluding hydrogens is 343 g/mol. The molecule has 0 aromatic carbocycles. The van der Waals surface area contributed by atoms with Crippen LogP contribution < -0.4 is 0 Å². The second kappa shape index (κ2) is 8.07. The van der Waals surface area contributed by atoms with Crippen LogP contribution in [0.3, 0.4) is 0 Å². The molecule has 0 saturated carbocycles. The number of likely N-dealkylation sites (N-methyl/N-ethyl adjacent to an activating group) is 2. The number of alkyl halides is 1. The number of nitrogens with zero attached hydrogens (tertiary/aromatic N) is 4. The van der Waals surface area contributed by atoms with Gasteiger partial charge in [-0.25, -0.2) is 9.37 Å². The Morgan fingerprint density at radius 1 is 1.52 bits per heavy atom. The highest BCUT2D eigenvalue weighted by Crippen LogP contribution is 2.26.